The van der Waals surface area contributed by atoms with Gasteiger partial charge in [-0.2, -0.15) is 11.8 Å². The molecule has 104 valence electrons. The van der Waals surface area contributed by atoms with E-state index in [2.05, 4.69) is 5.32 Å². The van der Waals surface area contributed by atoms with Crippen LogP contribution in [0.4, 0.5) is 11.4 Å². The minimum Gasteiger partial charge on any atom is -0.462 e. The van der Waals surface area contributed by atoms with Gasteiger partial charge in [0, 0.05) is 23.2 Å². The van der Waals surface area contributed by atoms with Gasteiger partial charge in [0.1, 0.15) is 0 Å². The van der Waals surface area contributed by atoms with Crippen LogP contribution in [0.1, 0.15) is 30.1 Å². The first kappa shape index (κ1) is 14.1. The summed E-state index contributed by atoms with van der Waals surface area (Å²) in [5, 5.41) is 3.44. The number of nitrogens with one attached hydrogen (secondary N) is 1. The summed E-state index contributed by atoms with van der Waals surface area (Å²) < 4.78 is 5.07. The molecule has 4 nitrogen and oxygen atoms in total. The average molecular weight is 280 g/mol. The zero-order valence-corrected chi connectivity index (χ0v) is 12.0. The number of esters is 1. The molecule has 3 N–H and O–H groups in total. The van der Waals surface area contributed by atoms with E-state index < -0.39 is 0 Å². The highest BCUT2D eigenvalue weighted by atomic mass is 32.2. The second-order valence-electron chi connectivity index (χ2n) is 4.58. The smallest absolute Gasteiger partial charge is 0.340 e. The van der Waals surface area contributed by atoms with Gasteiger partial charge in [-0.1, -0.05) is 0 Å². The van der Waals surface area contributed by atoms with Crippen LogP contribution < -0.4 is 11.1 Å². The van der Waals surface area contributed by atoms with E-state index in [0.717, 1.165) is 17.9 Å². The van der Waals surface area contributed by atoms with E-state index in [0.29, 0.717) is 23.9 Å². The Morgan fingerprint density at radius 3 is 3.11 bits per heavy atom. The van der Waals surface area contributed by atoms with E-state index in [1.54, 1.807) is 19.1 Å². The quantitative estimate of drug-likeness (QED) is 0.656. The number of hydrogen-bond donors (Lipinski definition) is 2. The number of nitrogen functional groups attached to an aromatic ring is 1. The predicted octanol–water partition coefficient (Wildman–Crippen LogP) is 2.75. The number of carbonyl (C=O) groups excluding carboxylic acids is 1. The molecule has 0 spiro atoms. The summed E-state index contributed by atoms with van der Waals surface area (Å²) >= 11 is 1.95. The van der Waals surface area contributed by atoms with Crippen molar-refractivity contribution in [2.45, 2.75) is 25.8 Å². The van der Waals surface area contributed by atoms with Crippen molar-refractivity contribution in [1.82, 2.24) is 0 Å². The van der Waals surface area contributed by atoms with Gasteiger partial charge >= 0.3 is 5.97 Å². The van der Waals surface area contributed by atoms with E-state index in [1.807, 2.05) is 17.8 Å². The van der Waals surface area contributed by atoms with Crippen molar-refractivity contribution in [3.8, 4) is 0 Å². The molecule has 2 rings (SSSR count). The highest BCUT2D eigenvalue weighted by Crippen LogP contribution is 2.25. The fourth-order valence-electron chi connectivity index (χ4n) is 2.14. The molecule has 0 saturated carbocycles. The SMILES string of the molecule is CCOC(=O)c1cc(N)ccc1NC1CCCSC1. The van der Waals surface area contributed by atoms with Gasteiger partial charge in [-0.3, -0.25) is 0 Å². The first-order chi connectivity index (χ1) is 9.20. The van der Waals surface area contributed by atoms with E-state index in [-0.39, 0.29) is 5.97 Å². The molecule has 1 aliphatic heterocycles. The van der Waals surface area contributed by atoms with Gasteiger partial charge in [-0.15, -0.1) is 0 Å². The van der Waals surface area contributed by atoms with Gasteiger partial charge in [-0.25, -0.2) is 4.79 Å². The highest BCUT2D eigenvalue weighted by Gasteiger charge is 2.18. The van der Waals surface area contributed by atoms with Crippen LogP contribution >= 0.6 is 11.8 Å². The molecule has 1 fully saturated rings. The van der Waals surface area contributed by atoms with Crippen LogP contribution in [-0.2, 0) is 4.74 Å². The van der Waals surface area contributed by atoms with Crippen molar-refractivity contribution >= 4 is 29.1 Å². The van der Waals surface area contributed by atoms with Crippen molar-refractivity contribution in [1.29, 1.82) is 0 Å². The fourth-order valence-corrected chi connectivity index (χ4v) is 3.21. The molecule has 5 heteroatoms. The third-order valence-electron chi connectivity index (χ3n) is 3.06. The Balaban J connectivity index is 2.15. The summed E-state index contributed by atoms with van der Waals surface area (Å²) in [5.74, 6) is 1.98. The van der Waals surface area contributed by atoms with E-state index in [4.69, 9.17) is 10.5 Å². The van der Waals surface area contributed by atoms with Gasteiger partial charge < -0.3 is 15.8 Å². The maximum absolute atomic E-state index is 11.9. The van der Waals surface area contributed by atoms with Gasteiger partial charge in [0.2, 0.25) is 0 Å². The van der Waals surface area contributed by atoms with Crippen molar-refractivity contribution in [2.75, 3.05) is 29.2 Å². The van der Waals surface area contributed by atoms with Crippen molar-refractivity contribution in [2.24, 2.45) is 0 Å². The van der Waals surface area contributed by atoms with Crippen LogP contribution in [-0.4, -0.2) is 30.1 Å². The lowest BCUT2D eigenvalue weighted by atomic mass is 10.1. The summed E-state index contributed by atoms with van der Waals surface area (Å²) in [5.41, 5.74) is 7.68. The Bertz CT molecular complexity index is 445. The normalized spacial score (nSPS) is 18.9. The lowest BCUT2D eigenvalue weighted by molar-refractivity contribution is 0.0527. The summed E-state index contributed by atoms with van der Waals surface area (Å²) in [6.45, 7) is 2.17. The van der Waals surface area contributed by atoms with Crippen molar-refractivity contribution in [3.05, 3.63) is 23.8 Å². The molecule has 0 aromatic heterocycles. The zero-order chi connectivity index (χ0) is 13.7. The van der Waals surface area contributed by atoms with Gasteiger partial charge in [0.15, 0.2) is 0 Å². The Hall–Kier alpha value is -1.36. The number of benzene rings is 1. The Labute approximate surface area is 118 Å². The number of anilines is 2. The lowest BCUT2D eigenvalue weighted by Crippen LogP contribution is -2.26. The van der Waals surface area contributed by atoms with Gasteiger partial charge in [0.25, 0.3) is 0 Å². The minimum absolute atomic E-state index is 0.319. The van der Waals surface area contributed by atoms with Gasteiger partial charge in [-0.05, 0) is 43.7 Å². The Kier molecular flexibility index (Phi) is 4.96. The number of rotatable bonds is 4. The maximum atomic E-state index is 11.9. The summed E-state index contributed by atoms with van der Waals surface area (Å²) in [6, 6.07) is 5.76. The Morgan fingerprint density at radius 2 is 2.42 bits per heavy atom. The number of nitrogens with two attached hydrogens (primary N) is 1. The van der Waals surface area contributed by atoms with Crippen molar-refractivity contribution in [3.63, 3.8) is 0 Å². The number of ether oxygens (including phenoxy) is 1. The topological polar surface area (TPSA) is 64.3 Å². The average Bonchev–Trinajstić information content (AvgIpc) is 2.42. The molecule has 1 unspecified atom stereocenters. The highest BCUT2D eigenvalue weighted by molar-refractivity contribution is 7.99. The summed E-state index contributed by atoms with van der Waals surface area (Å²) in [4.78, 5) is 11.9. The molecule has 1 saturated heterocycles. The van der Waals surface area contributed by atoms with Crippen LogP contribution in [0.15, 0.2) is 18.2 Å². The number of thioether (sulfide) groups is 1. The largest absolute Gasteiger partial charge is 0.462 e. The third kappa shape index (κ3) is 3.80. The summed E-state index contributed by atoms with van der Waals surface area (Å²) in [6.07, 6.45) is 2.35. The van der Waals surface area contributed by atoms with Crippen LogP contribution in [0.2, 0.25) is 0 Å². The van der Waals surface area contributed by atoms with Crippen molar-refractivity contribution < 1.29 is 9.53 Å². The molecule has 0 bridgehead atoms. The predicted molar refractivity (Wildman–Crippen MR) is 80.8 cm³/mol. The summed E-state index contributed by atoms with van der Waals surface area (Å²) in [7, 11) is 0. The number of hydrogen-bond acceptors (Lipinski definition) is 5. The molecule has 1 aliphatic rings. The third-order valence-corrected chi connectivity index (χ3v) is 4.27. The first-order valence-electron chi connectivity index (χ1n) is 6.61. The first-order valence-corrected chi connectivity index (χ1v) is 7.77. The zero-order valence-electron chi connectivity index (χ0n) is 11.1. The van der Waals surface area contributed by atoms with Gasteiger partial charge in [0.05, 0.1) is 12.2 Å². The van der Waals surface area contributed by atoms with Crippen LogP contribution in [0.5, 0.6) is 0 Å². The molecular formula is C14H20N2O2S. The second kappa shape index (κ2) is 6.70. The molecule has 1 aromatic carbocycles. The molecule has 1 heterocycles. The molecule has 1 aromatic rings. The maximum Gasteiger partial charge on any atom is 0.340 e. The molecule has 19 heavy (non-hydrogen) atoms. The molecule has 1 atom stereocenters. The van der Waals surface area contributed by atoms with E-state index >= 15 is 0 Å². The van der Waals surface area contributed by atoms with E-state index in [9.17, 15) is 4.79 Å². The molecule has 0 radical (unpaired) electrons. The second-order valence-corrected chi connectivity index (χ2v) is 5.73. The standard InChI is InChI=1S/C14H20N2O2S/c1-2-18-14(17)12-8-10(15)5-6-13(12)16-11-4-3-7-19-9-11/h5-6,8,11,16H,2-4,7,9,15H2,1H3. The van der Waals surface area contributed by atoms with Crippen LogP contribution in [0.25, 0.3) is 0 Å². The lowest BCUT2D eigenvalue weighted by Gasteiger charge is -2.24. The monoisotopic (exact) mass is 280 g/mol. The van der Waals surface area contributed by atoms with Crippen LogP contribution in [0.3, 0.4) is 0 Å². The Morgan fingerprint density at radius 1 is 1.58 bits per heavy atom. The van der Waals surface area contributed by atoms with E-state index in [1.165, 1.54) is 12.2 Å². The molecule has 0 amide bonds. The minimum atomic E-state index is -0.319. The molecular weight excluding hydrogens is 260 g/mol. The molecule has 0 aliphatic carbocycles. The van der Waals surface area contributed by atoms with Crippen LogP contribution in [0, 0.1) is 0 Å². The number of carbonyl (C=O) groups is 1. The fraction of sp³-hybridized carbons (Fsp3) is 0.500.